The highest BCUT2D eigenvalue weighted by Crippen LogP contribution is 2.28. The lowest BCUT2D eigenvalue weighted by atomic mass is 10.2. The van der Waals surface area contributed by atoms with Gasteiger partial charge in [-0.3, -0.25) is 0 Å². The van der Waals surface area contributed by atoms with Crippen LogP contribution in [0.5, 0.6) is 0 Å². The maximum absolute atomic E-state index is 12.3. The molecule has 0 fully saturated rings. The first-order chi connectivity index (χ1) is 9.01. The van der Waals surface area contributed by atoms with Gasteiger partial charge in [0.25, 0.3) is 0 Å². The minimum atomic E-state index is -3.53. The molecule has 0 saturated heterocycles. The van der Waals surface area contributed by atoms with Crippen LogP contribution in [0, 0.1) is 0 Å². The lowest BCUT2D eigenvalue weighted by Crippen LogP contribution is -2.00. The minimum absolute atomic E-state index is 0.0827. The summed E-state index contributed by atoms with van der Waals surface area (Å²) >= 11 is 9.13. The average Bonchev–Trinajstić information content (AvgIpc) is 2.42. The SMILES string of the molecule is O=S(=O)(/C(Br)=C/c1ccccc1Cl)c1ccccc1. The lowest BCUT2D eigenvalue weighted by molar-refractivity contribution is 0.604. The van der Waals surface area contributed by atoms with E-state index in [1.54, 1.807) is 54.6 Å². The van der Waals surface area contributed by atoms with Crippen molar-refractivity contribution in [3.05, 3.63) is 69.0 Å². The van der Waals surface area contributed by atoms with Crippen LogP contribution in [0.25, 0.3) is 6.08 Å². The highest BCUT2D eigenvalue weighted by molar-refractivity contribution is 9.13. The number of hydrogen-bond donors (Lipinski definition) is 0. The molecule has 2 aromatic rings. The van der Waals surface area contributed by atoms with E-state index in [1.165, 1.54) is 6.08 Å². The van der Waals surface area contributed by atoms with Crippen LogP contribution in [0.15, 0.2) is 63.3 Å². The van der Waals surface area contributed by atoms with Gasteiger partial charge in [-0.15, -0.1) is 0 Å². The van der Waals surface area contributed by atoms with Gasteiger partial charge in [-0.2, -0.15) is 0 Å². The third kappa shape index (κ3) is 3.26. The van der Waals surface area contributed by atoms with E-state index in [4.69, 9.17) is 11.6 Å². The van der Waals surface area contributed by atoms with E-state index in [0.717, 1.165) is 0 Å². The third-order valence-corrected chi connectivity index (χ3v) is 5.86. The van der Waals surface area contributed by atoms with Crippen molar-refractivity contribution in [2.45, 2.75) is 4.90 Å². The predicted octanol–water partition coefficient (Wildman–Crippen LogP) is 4.51. The predicted molar refractivity (Wildman–Crippen MR) is 82.0 cm³/mol. The van der Waals surface area contributed by atoms with Gasteiger partial charge in [0.05, 0.1) is 4.90 Å². The maximum Gasteiger partial charge on any atom is 0.213 e. The molecule has 2 rings (SSSR count). The Bertz CT molecular complexity index is 709. The second-order valence-electron chi connectivity index (χ2n) is 3.79. The van der Waals surface area contributed by atoms with Crippen molar-refractivity contribution in [3.8, 4) is 0 Å². The van der Waals surface area contributed by atoms with Crippen LogP contribution < -0.4 is 0 Å². The molecule has 0 unspecified atom stereocenters. The average molecular weight is 358 g/mol. The van der Waals surface area contributed by atoms with E-state index in [9.17, 15) is 8.42 Å². The van der Waals surface area contributed by atoms with Crippen LogP contribution in [0.1, 0.15) is 5.56 Å². The molecule has 0 N–H and O–H groups in total. The summed E-state index contributed by atoms with van der Waals surface area (Å²) in [7, 11) is -3.53. The van der Waals surface area contributed by atoms with E-state index in [1.807, 2.05) is 0 Å². The summed E-state index contributed by atoms with van der Waals surface area (Å²) in [6.07, 6.45) is 1.50. The highest BCUT2D eigenvalue weighted by Gasteiger charge is 2.18. The van der Waals surface area contributed by atoms with Crippen LogP contribution in [0.2, 0.25) is 5.02 Å². The van der Waals surface area contributed by atoms with Crippen molar-refractivity contribution in [2.75, 3.05) is 0 Å². The molecule has 0 aliphatic heterocycles. The molecule has 2 nitrogen and oxygen atoms in total. The number of halogens is 2. The molecule has 0 radical (unpaired) electrons. The maximum atomic E-state index is 12.3. The highest BCUT2D eigenvalue weighted by atomic mass is 79.9. The summed E-state index contributed by atoms with van der Waals surface area (Å²) in [6, 6.07) is 15.3. The van der Waals surface area contributed by atoms with Crippen LogP contribution >= 0.6 is 27.5 Å². The number of benzene rings is 2. The van der Waals surface area contributed by atoms with Gasteiger partial charge in [-0.25, -0.2) is 8.42 Å². The largest absolute Gasteiger partial charge is 0.218 e. The summed E-state index contributed by atoms with van der Waals surface area (Å²) in [5, 5.41) is 0.503. The first-order valence-corrected chi connectivity index (χ1v) is 8.09. The zero-order valence-electron chi connectivity index (χ0n) is 9.75. The molecule has 2 aromatic carbocycles. The molecule has 0 atom stereocenters. The fourth-order valence-electron chi connectivity index (χ4n) is 1.50. The fraction of sp³-hybridized carbons (Fsp3) is 0. The number of sulfone groups is 1. The van der Waals surface area contributed by atoms with Gasteiger partial charge in [0.2, 0.25) is 9.84 Å². The molecular formula is C14H10BrClO2S. The quantitative estimate of drug-likeness (QED) is 0.810. The summed E-state index contributed by atoms with van der Waals surface area (Å²) in [5.41, 5.74) is 0.649. The van der Waals surface area contributed by atoms with E-state index in [2.05, 4.69) is 15.9 Å². The van der Waals surface area contributed by atoms with Crippen LogP contribution in [0.4, 0.5) is 0 Å². The first-order valence-electron chi connectivity index (χ1n) is 5.43. The molecular weight excluding hydrogens is 348 g/mol. The summed E-state index contributed by atoms with van der Waals surface area (Å²) in [5.74, 6) is 0. The van der Waals surface area contributed by atoms with Gasteiger partial charge >= 0.3 is 0 Å². The molecule has 0 amide bonds. The normalized spacial score (nSPS) is 12.4. The second kappa shape index (κ2) is 5.90. The number of rotatable bonds is 3. The van der Waals surface area contributed by atoms with Gasteiger partial charge in [-0.05, 0) is 45.8 Å². The summed E-state index contributed by atoms with van der Waals surface area (Å²) in [4.78, 5) is 0.241. The Kier molecular flexibility index (Phi) is 4.45. The van der Waals surface area contributed by atoms with Crippen molar-refractivity contribution < 1.29 is 8.42 Å². The minimum Gasteiger partial charge on any atom is -0.218 e. The molecule has 0 saturated carbocycles. The number of hydrogen-bond acceptors (Lipinski definition) is 2. The Hall–Kier alpha value is -1.10. The van der Waals surface area contributed by atoms with Crippen LogP contribution in [-0.2, 0) is 9.84 Å². The Morgan fingerprint density at radius 2 is 1.58 bits per heavy atom. The Morgan fingerprint density at radius 1 is 1.00 bits per heavy atom. The molecule has 0 bridgehead atoms. The van der Waals surface area contributed by atoms with Crippen molar-refractivity contribution in [1.29, 1.82) is 0 Å². The molecule has 5 heteroatoms. The molecule has 0 heterocycles. The van der Waals surface area contributed by atoms with E-state index >= 15 is 0 Å². The van der Waals surface area contributed by atoms with Crippen LogP contribution in [-0.4, -0.2) is 8.42 Å². The van der Waals surface area contributed by atoms with Crippen molar-refractivity contribution >= 4 is 43.4 Å². The van der Waals surface area contributed by atoms with Crippen molar-refractivity contribution in [2.24, 2.45) is 0 Å². The van der Waals surface area contributed by atoms with Gasteiger partial charge < -0.3 is 0 Å². The van der Waals surface area contributed by atoms with Gasteiger partial charge in [-0.1, -0.05) is 48.0 Å². The monoisotopic (exact) mass is 356 g/mol. The van der Waals surface area contributed by atoms with E-state index in [-0.39, 0.29) is 8.71 Å². The molecule has 19 heavy (non-hydrogen) atoms. The first kappa shape index (κ1) is 14.3. The van der Waals surface area contributed by atoms with Gasteiger partial charge in [0.1, 0.15) is 3.81 Å². The van der Waals surface area contributed by atoms with Crippen molar-refractivity contribution in [3.63, 3.8) is 0 Å². The summed E-state index contributed by atoms with van der Waals surface area (Å²) < 4.78 is 24.7. The topological polar surface area (TPSA) is 34.1 Å². The van der Waals surface area contributed by atoms with E-state index < -0.39 is 9.84 Å². The standard InChI is InChI=1S/C14H10BrClO2S/c15-14(10-11-6-4-5-9-13(11)16)19(17,18)12-7-2-1-3-8-12/h1-10H/b14-10+. The molecule has 0 aromatic heterocycles. The smallest absolute Gasteiger partial charge is 0.213 e. The third-order valence-electron chi connectivity index (χ3n) is 2.48. The Labute approximate surface area is 125 Å². The zero-order valence-corrected chi connectivity index (χ0v) is 12.9. The molecule has 0 aliphatic carbocycles. The van der Waals surface area contributed by atoms with Gasteiger partial charge in [0, 0.05) is 5.02 Å². The fourth-order valence-corrected chi connectivity index (χ4v) is 3.52. The van der Waals surface area contributed by atoms with Gasteiger partial charge in [0.15, 0.2) is 0 Å². The molecule has 98 valence electrons. The lowest BCUT2D eigenvalue weighted by Gasteiger charge is -2.04. The van der Waals surface area contributed by atoms with Crippen LogP contribution in [0.3, 0.4) is 0 Å². The zero-order chi connectivity index (χ0) is 13.9. The van der Waals surface area contributed by atoms with Crippen molar-refractivity contribution in [1.82, 2.24) is 0 Å². The Balaban J connectivity index is 2.45. The Morgan fingerprint density at radius 3 is 2.21 bits per heavy atom. The molecule has 0 aliphatic rings. The summed E-state index contributed by atoms with van der Waals surface area (Å²) in [6.45, 7) is 0. The second-order valence-corrected chi connectivity index (χ2v) is 7.49. The molecule has 0 spiro atoms. The van der Waals surface area contributed by atoms with E-state index in [0.29, 0.717) is 10.6 Å².